The summed E-state index contributed by atoms with van der Waals surface area (Å²) in [6, 6.07) is 19.3. The van der Waals surface area contributed by atoms with Gasteiger partial charge in [0.05, 0.1) is 6.54 Å². The second-order valence-electron chi connectivity index (χ2n) is 6.75. The molecule has 2 aromatic carbocycles. The van der Waals surface area contributed by atoms with E-state index >= 15 is 0 Å². The van der Waals surface area contributed by atoms with Crippen molar-refractivity contribution in [1.29, 1.82) is 0 Å². The lowest BCUT2D eigenvalue weighted by Gasteiger charge is -2.35. The maximum Gasteiger partial charge on any atom is 0.323 e. The van der Waals surface area contributed by atoms with E-state index in [1.807, 2.05) is 24.3 Å². The summed E-state index contributed by atoms with van der Waals surface area (Å²) in [5.74, 6) is -1.19. The van der Waals surface area contributed by atoms with Gasteiger partial charge in [-0.2, -0.15) is 0 Å². The summed E-state index contributed by atoms with van der Waals surface area (Å²) in [4.78, 5) is 29.7. The number of carboxylic acid groups (broad SMARTS) is 1. The second kappa shape index (κ2) is 9.30. The van der Waals surface area contributed by atoms with Crippen LogP contribution in [0.5, 0.6) is 0 Å². The number of hydrogen-bond donors (Lipinski definition) is 1. The molecule has 0 aromatic heterocycles. The quantitative estimate of drug-likeness (QED) is 0.810. The van der Waals surface area contributed by atoms with Crippen molar-refractivity contribution in [2.45, 2.75) is 6.54 Å². The fraction of sp³-hybridized carbons (Fsp3) is 0.333. The van der Waals surface area contributed by atoms with Crippen molar-refractivity contribution in [2.75, 3.05) is 44.2 Å². The van der Waals surface area contributed by atoms with Gasteiger partial charge in [0.25, 0.3) is 0 Å². The lowest BCUT2D eigenvalue weighted by atomic mass is 10.2. The molecule has 1 heterocycles. The van der Waals surface area contributed by atoms with Crippen LogP contribution in [0.3, 0.4) is 0 Å². The molecule has 142 valence electrons. The monoisotopic (exact) mass is 367 g/mol. The molecule has 1 saturated heterocycles. The first-order chi connectivity index (χ1) is 13.1. The van der Waals surface area contributed by atoms with Crippen molar-refractivity contribution in [3.8, 4) is 0 Å². The third kappa shape index (κ3) is 5.64. The van der Waals surface area contributed by atoms with E-state index in [-0.39, 0.29) is 19.0 Å². The third-order valence-corrected chi connectivity index (χ3v) is 4.74. The lowest BCUT2D eigenvalue weighted by Crippen LogP contribution is -2.50. The topological polar surface area (TPSA) is 64.1 Å². The minimum absolute atomic E-state index is 0.180. The molecule has 27 heavy (non-hydrogen) atoms. The standard InChI is InChI=1S/C21H25N3O3/c25-20(24(17-21(26)27)19-9-5-2-6-10-19)16-23-13-11-22(12-14-23)15-18-7-3-1-4-8-18/h1-10H,11-17H2,(H,26,27). The molecule has 1 N–H and O–H groups in total. The van der Waals surface area contributed by atoms with E-state index in [2.05, 4.69) is 21.9 Å². The Balaban J connectivity index is 1.53. The molecule has 2 aromatic rings. The summed E-state index contributed by atoms with van der Waals surface area (Å²) in [7, 11) is 0. The van der Waals surface area contributed by atoms with Crippen LogP contribution in [0.15, 0.2) is 60.7 Å². The van der Waals surface area contributed by atoms with Crippen molar-refractivity contribution >= 4 is 17.6 Å². The number of carbonyl (C=O) groups is 2. The predicted molar refractivity (Wildman–Crippen MR) is 105 cm³/mol. The highest BCUT2D eigenvalue weighted by Gasteiger charge is 2.24. The molecule has 0 radical (unpaired) electrons. The van der Waals surface area contributed by atoms with E-state index in [4.69, 9.17) is 5.11 Å². The Labute approximate surface area is 159 Å². The molecule has 0 unspecified atom stereocenters. The summed E-state index contributed by atoms with van der Waals surface area (Å²) in [6.45, 7) is 4.22. The predicted octanol–water partition coefficient (Wildman–Crippen LogP) is 1.92. The van der Waals surface area contributed by atoms with Crippen LogP contribution in [0.2, 0.25) is 0 Å². The molecule has 1 aliphatic rings. The minimum Gasteiger partial charge on any atom is -0.480 e. The SMILES string of the molecule is O=C(O)CN(C(=O)CN1CCN(Cc2ccccc2)CC1)c1ccccc1. The number of aliphatic carboxylic acids is 1. The normalized spacial score (nSPS) is 15.4. The highest BCUT2D eigenvalue weighted by Crippen LogP contribution is 2.14. The van der Waals surface area contributed by atoms with Gasteiger partial charge in [-0.15, -0.1) is 0 Å². The van der Waals surface area contributed by atoms with E-state index in [9.17, 15) is 9.59 Å². The fourth-order valence-electron chi connectivity index (χ4n) is 3.29. The van der Waals surface area contributed by atoms with Gasteiger partial charge in [0.15, 0.2) is 0 Å². The van der Waals surface area contributed by atoms with Gasteiger partial charge >= 0.3 is 5.97 Å². The Morgan fingerprint density at radius 3 is 2.00 bits per heavy atom. The first-order valence-electron chi connectivity index (χ1n) is 9.17. The van der Waals surface area contributed by atoms with E-state index in [1.165, 1.54) is 10.5 Å². The van der Waals surface area contributed by atoms with Gasteiger partial charge < -0.3 is 10.0 Å². The van der Waals surface area contributed by atoms with Crippen LogP contribution in [-0.2, 0) is 16.1 Å². The average molecular weight is 367 g/mol. The molecule has 6 nitrogen and oxygen atoms in total. The summed E-state index contributed by atoms with van der Waals surface area (Å²) in [5.41, 5.74) is 1.91. The summed E-state index contributed by atoms with van der Waals surface area (Å²) in [6.07, 6.45) is 0. The number of hydrogen-bond acceptors (Lipinski definition) is 4. The first-order valence-corrected chi connectivity index (χ1v) is 9.17. The number of para-hydroxylation sites is 1. The Hall–Kier alpha value is -2.70. The van der Waals surface area contributed by atoms with Crippen LogP contribution in [0.4, 0.5) is 5.69 Å². The number of nitrogens with zero attached hydrogens (tertiary/aromatic N) is 3. The summed E-state index contributed by atoms with van der Waals surface area (Å²) >= 11 is 0. The smallest absolute Gasteiger partial charge is 0.323 e. The van der Waals surface area contributed by atoms with E-state index in [0.717, 1.165) is 32.7 Å². The van der Waals surface area contributed by atoms with E-state index in [1.54, 1.807) is 24.3 Å². The highest BCUT2D eigenvalue weighted by molar-refractivity contribution is 5.98. The molecule has 0 bridgehead atoms. The minimum atomic E-state index is -1.01. The van der Waals surface area contributed by atoms with Gasteiger partial charge in [0, 0.05) is 38.4 Å². The Kier molecular flexibility index (Phi) is 6.57. The maximum absolute atomic E-state index is 12.7. The van der Waals surface area contributed by atoms with E-state index in [0.29, 0.717) is 5.69 Å². The van der Waals surface area contributed by atoms with Crippen LogP contribution in [0.1, 0.15) is 5.56 Å². The molecule has 1 aliphatic heterocycles. The largest absolute Gasteiger partial charge is 0.480 e. The van der Waals surface area contributed by atoms with Gasteiger partial charge in [-0.3, -0.25) is 19.4 Å². The Morgan fingerprint density at radius 2 is 1.41 bits per heavy atom. The molecule has 1 fully saturated rings. The molecular formula is C21H25N3O3. The lowest BCUT2D eigenvalue weighted by molar-refractivity contribution is -0.136. The number of piperazine rings is 1. The number of anilines is 1. The third-order valence-electron chi connectivity index (χ3n) is 4.74. The molecule has 0 spiro atoms. The number of carbonyl (C=O) groups excluding carboxylic acids is 1. The highest BCUT2D eigenvalue weighted by atomic mass is 16.4. The van der Waals surface area contributed by atoms with Crippen molar-refractivity contribution in [3.63, 3.8) is 0 Å². The van der Waals surface area contributed by atoms with Crippen molar-refractivity contribution in [3.05, 3.63) is 66.2 Å². The van der Waals surface area contributed by atoms with Gasteiger partial charge in [-0.1, -0.05) is 48.5 Å². The van der Waals surface area contributed by atoms with Crippen LogP contribution in [0.25, 0.3) is 0 Å². The van der Waals surface area contributed by atoms with Gasteiger partial charge in [-0.05, 0) is 17.7 Å². The number of benzene rings is 2. The molecule has 0 atom stereocenters. The van der Waals surface area contributed by atoms with Crippen LogP contribution in [-0.4, -0.2) is 66.1 Å². The van der Waals surface area contributed by atoms with Gasteiger partial charge in [0.1, 0.15) is 6.54 Å². The maximum atomic E-state index is 12.7. The summed E-state index contributed by atoms with van der Waals surface area (Å²) in [5, 5.41) is 9.16. The molecule has 1 amide bonds. The van der Waals surface area contributed by atoms with Crippen molar-refractivity contribution in [2.24, 2.45) is 0 Å². The number of rotatable bonds is 7. The van der Waals surface area contributed by atoms with E-state index < -0.39 is 5.97 Å². The molecular weight excluding hydrogens is 342 g/mol. The van der Waals surface area contributed by atoms with Gasteiger partial charge in [-0.25, -0.2) is 0 Å². The van der Waals surface area contributed by atoms with Crippen LogP contribution < -0.4 is 4.90 Å². The average Bonchev–Trinajstić information content (AvgIpc) is 2.69. The first kappa shape index (κ1) is 19.1. The molecule has 0 aliphatic carbocycles. The molecule has 6 heteroatoms. The van der Waals surface area contributed by atoms with Crippen molar-refractivity contribution < 1.29 is 14.7 Å². The zero-order valence-electron chi connectivity index (χ0n) is 15.3. The van der Waals surface area contributed by atoms with Crippen LogP contribution in [0, 0.1) is 0 Å². The van der Waals surface area contributed by atoms with Crippen LogP contribution >= 0.6 is 0 Å². The van der Waals surface area contributed by atoms with Gasteiger partial charge in [0.2, 0.25) is 5.91 Å². The Morgan fingerprint density at radius 1 is 0.852 bits per heavy atom. The fourth-order valence-corrected chi connectivity index (χ4v) is 3.29. The zero-order chi connectivity index (χ0) is 19.1. The molecule has 3 rings (SSSR count). The number of amides is 1. The zero-order valence-corrected chi connectivity index (χ0v) is 15.3. The Bertz CT molecular complexity index is 744. The number of carboxylic acids is 1. The van der Waals surface area contributed by atoms with Crippen molar-refractivity contribution in [1.82, 2.24) is 9.80 Å². The summed E-state index contributed by atoms with van der Waals surface area (Å²) < 4.78 is 0. The second-order valence-corrected chi connectivity index (χ2v) is 6.75. The molecule has 0 saturated carbocycles.